The van der Waals surface area contributed by atoms with E-state index >= 15 is 0 Å². The Morgan fingerprint density at radius 1 is 0.608 bits per heavy atom. The Kier molecular flexibility index (Phi) is 33.7. The second-order valence-corrected chi connectivity index (χ2v) is 16.1. The number of rotatable bonds is 37. The van der Waals surface area contributed by atoms with E-state index in [1.54, 1.807) is 0 Å². The van der Waals surface area contributed by atoms with E-state index in [9.17, 15) is 14.7 Å². The molecule has 6 heteroatoms. The molecule has 1 aliphatic heterocycles. The molecule has 1 aliphatic rings. The van der Waals surface area contributed by atoms with E-state index in [2.05, 4.69) is 25.7 Å². The number of esters is 2. The van der Waals surface area contributed by atoms with Crippen LogP contribution in [0.25, 0.3) is 0 Å². The molecule has 1 N–H and O–H groups in total. The molecule has 0 saturated carbocycles. The zero-order chi connectivity index (χ0) is 37.0. The maximum Gasteiger partial charge on any atom is 0.306 e. The molecule has 302 valence electrons. The second kappa shape index (κ2) is 35.9. The minimum absolute atomic E-state index is 0.00732. The topological polar surface area (TPSA) is 76.1 Å². The third kappa shape index (κ3) is 29.0. The normalized spacial score (nSPS) is 16.6. The molecule has 51 heavy (non-hydrogen) atoms. The van der Waals surface area contributed by atoms with E-state index < -0.39 is 0 Å². The summed E-state index contributed by atoms with van der Waals surface area (Å²) in [7, 11) is 0. The van der Waals surface area contributed by atoms with E-state index in [0.29, 0.717) is 31.4 Å². The molecule has 2 atom stereocenters. The van der Waals surface area contributed by atoms with Gasteiger partial charge in [0.25, 0.3) is 0 Å². The molecule has 1 fully saturated rings. The van der Waals surface area contributed by atoms with Crippen molar-refractivity contribution in [2.45, 2.75) is 245 Å². The highest BCUT2D eigenvalue weighted by molar-refractivity contribution is 5.69. The summed E-state index contributed by atoms with van der Waals surface area (Å²) in [4.78, 5) is 27.7. The van der Waals surface area contributed by atoms with Gasteiger partial charge in [0.2, 0.25) is 0 Å². The standard InChI is InChI=1S/C45H87NO5/c1-4-7-10-13-16-17-18-23-28-39-50-44(48)34-33-41-35-36-46(37-38-47)42(40-41)29-24-21-22-27-32-45(49)51-43(30-25-19-14-11-8-5-2)31-26-20-15-12-9-6-3/h41-43,47H,4-40H2,1-3H3. The summed E-state index contributed by atoms with van der Waals surface area (Å²) < 4.78 is 11.6. The molecular formula is C45H87NO5. The summed E-state index contributed by atoms with van der Waals surface area (Å²) in [5.74, 6) is 0.534. The summed E-state index contributed by atoms with van der Waals surface area (Å²) >= 11 is 0. The summed E-state index contributed by atoms with van der Waals surface area (Å²) in [6.45, 7) is 9.30. The molecule has 0 aromatic carbocycles. The molecule has 1 saturated heterocycles. The predicted octanol–water partition coefficient (Wildman–Crippen LogP) is 12.7. The van der Waals surface area contributed by atoms with Crippen LogP contribution in [0, 0.1) is 5.92 Å². The fraction of sp³-hybridized carbons (Fsp3) is 0.956. The fourth-order valence-electron chi connectivity index (χ4n) is 7.98. The zero-order valence-electron chi connectivity index (χ0n) is 34.4. The van der Waals surface area contributed by atoms with Crippen molar-refractivity contribution in [1.29, 1.82) is 0 Å². The van der Waals surface area contributed by atoms with Crippen molar-refractivity contribution in [2.24, 2.45) is 5.92 Å². The fourth-order valence-corrected chi connectivity index (χ4v) is 7.98. The van der Waals surface area contributed by atoms with Gasteiger partial charge in [-0.2, -0.15) is 0 Å². The van der Waals surface area contributed by atoms with Gasteiger partial charge in [0.15, 0.2) is 0 Å². The van der Waals surface area contributed by atoms with E-state index in [1.165, 1.54) is 122 Å². The van der Waals surface area contributed by atoms with Crippen LogP contribution in [0.15, 0.2) is 0 Å². The number of piperidine rings is 1. The smallest absolute Gasteiger partial charge is 0.306 e. The number of hydrogen-bond donors (Lipinski definition) is 1. The van der Waals surface area contributed by atoms with Crippen LogP contribution in [0.4, 0.5) is 0 Å². The third-order valence-corrected chi connectivity index (χ3v) is 11.3. The van der Waals surface area contributed by atoms with Crippen molar-refractivity contribution < 1.29 is 24.2 Å². The number of aliphatic hydroxyl groups is 1. The lowest BCUT2D eigenvalue weighted by Crippen LogP contribution is -2.44. The molecule has 0 bridgehead atoms. The Morgan fingerprint density at radius 2 is 1.12 bits per heavy atom. The van der Waals surface area contributed by atoms with Crippen molar-refractivity contribution in [3.05, 3.63) is 0 Å². The summed E-state index contributed by atoms with van der Waals surface area (Å²) in [5, 5.41) is 9.66. The van der Waals surface area contributed by atoms with Crippen molar-refractivity contribution >= 4 is 11.9 Å². The molecule has 2 unspecified atom stereocenters. The molecule has 6 nitrogen and oxygen atoms in total. The van der Waals surface area contributed by atoms with E-state index in [0.717, 1.165) is 90.1 Å². The first-order valence-electron chi connectivity index (χ1n) is 22.7. The number of ether oxygens (including phenoxy) is 2. The number of carbonyl (C=O) groups excluding carboxylic acids is 2. The maximum atomic E-state index is 12.8. The van der Waals surface area contributed by atoms with E-state index in [4.69, 9.17) is 9.47 Å². The SMILES string of the molecule is CCCCCCCCCCCOC(=O)CCC1CCN(CCO)C(CCCCCCC(=O)OC(CCCCCCCC)CCCCCCCC)C1. The van der Waals surface area contributed by atoms with Crippen LogP contribution < -0.4 is 0 Å². The van der Waals surface area contributed by atoms with Gasteiger partial charge in [-0.3, -0.25) is 14.5 Å². The number of unbranched alkanes of at least 4 members (excludes halogenated alkanes) is 21. The van der Waals surface area contributed by atoms with Crippen LogP contribution in [0.1, 0.15) is 233 Å². The largest absolute Gasteiger partial charge is 0.466 e. The molecule has 0 aromatic heterocycles. The number of hydrogen-bond acceptors (Lipinski definition) is 6. The molecule has 1 rings (SSSR count). The molecule has 0 aliphatic carbocycles. The lowest BCUT2D eigenvalue weighted by Gasteiger charge is -2.39. The molecule has 0 amide bonds. The predicted molar refractivity (Wildman–Crippen MR) is 216 cm³/mol. The quantitative estimate of drug-likeness (QED) is 0.0508. The van der Waals surface area contributed by atoms with Gasteiger partial charge >= 0.3 is 11.9 Å². The van der Waals surface area contributed by atoms with Gasteiger partial charge in [0, 0.05) is 25.4 Å². The summed E-state index contributed by atoms with van der Waals surface area (Å²) in [6.07, 6.45) is 38.5. The van der Waals surface area contributed by atoms with Crippen molar-refractivity contribution in [3.63, 3.8) is 0 Å². The Morgan fingerprint density at radius 3 is 1.69 bits per heavy atom. The highest BCUT2D eigenvalue weighted by atomic mass is 16.5. The van der Waals surface area contributed by atoms with Crippen molar-refractivity contribution in [1.82, 2.24) is 4.90 Å². The number of carbonyl (C=O) groups is 2. The van der Waals surface area contributed by atoms with Gasteiger partial charge in [-0.15, -0.1) is 0 Å². The number of β-amino-alcohol motifs (C(OH)–C–C–N with tert-alkyl or cyclic N) is 1. The van der Waals surface area contributed by atoms with Gasteiger partial charge in [-0.05, 0) is 76.7 Å². The highest BCUT2D eigenvalue weighted by Gasteiger charge is 2.28. The monoisotopic (exact) mass is 722 g/mol. The first-order chi connectivity index (χ1) is 25.0. The van der Waals surface area contributed by atoms with Crippen LogP contribution >= 0.6 is 0 Å². The van der Waals surface area contributed by atoms with Gasteiger partial charge in [0.1, 0.15) is 6.10 Å². The molecule has 0 spiro atoms. The average molecular weight is 722 g/mol. The number of likely N-dealkylation sites (tertiary alicyclic amines) is 1. The van der Waals surface area contributed by atoms with Gasteiger partial charge in [-0.1, -0.05) is 156 Å². The Balaban J connectivity index is 2.27. The Bertz CT molecular complexity index is 760. The first-order valence-corrected chi connectivity index (χ1v) is 22.7. The van der Waals surface area contributed by atoms with Crippen molar-refractivity contribution in [2.75, 3.05) is 26.3 Å². The van der Waals surface area contributed by atoms with Gasteiger partial charge in [0.05, 0.1) is 13.2 Å². The summed E-state index contributed by atoms with van der Waals surface area (Å²) in [5.41, 5.74) is 0. The van der Waals surface area contributed by atoms with Gasteiger partial charge in [-0.25, -0.2) is 0 Å². The second-order valence-electron chi connectivity index (χ2n) is 16.1. The lowest BCUT2D eigenvalue weighted by atomic mass is 9.85. The van der Waals surface area contributed by atoms with E-state index in [-0.39, 0.29) is 24.6 Å². The van der Waals surface area contributed by atoms with Crippen LogP contribution in [0.2, 0.25) is 0 Å². The number of aliphatic hydroxyl groups excluding tert-OH is 1. The molecule has 0 aromatic rings. The Hall–Kier alpha value is -1.14. The molecule has 0 radical (unpaired) electrons. The van der Waals surface area contributed by atoms with Crippen LogP contribution in [0.5, 0.6) is 0 Å². The minimum Gasteiger partial charge on any atom is -0.466 e. The Labute approximate surface area is 317 Å². The van der Waals surface area contributed by atoms with Crippen LogP contribution in [-0.4, -0.2) is 60.4 Å². The van der Waals surface area contributed by atoms with Crippen LogP contribution in [-0.2, 0) is 19.1 Å². The first kappa shape index (κ1) is 47.9. The van der Waals surface area contributed by atoms with Gasteiger partial charge < -0.3 is 14.6 Å². The molecule has 1 heterocycles. The van der Waals surface area contributed by atoms with Crippen molar-refractivity contribution in [3.8, 4) is 0 Å². The average Bonchev–Trinajstić information content (AvgIpc) is 3.13. The number of nitrogens with zero attached hydrogens (tertiary/aromatic N) is 1. The highest BCUT2D eigenvalue weighted by Crippen LogP contribution is 2.30. The lowest BCUT2D eigenvalue weighted by molar-refractivity contribution is -0.150. The zero-order valence-corrected chi connectivity index (χ0v) is 34.4. The summed E-state index contributed by atoms with van der Waals surface area (Å²) in [6, 6.07) is 0.476. The van der Waals surface area contributed by atoms with E-state index in [1.807, 2.05) is 0 Å². The van der Waals surface area contributed by atoms with Crippen LogP contribution in [0.3, 0.4) is 0 Å². The minimum atomic E-state index is -0.0291. The maximum absolute atomic E-state index is 12.8. The third-order valence-electron chi connectivity index (χ3n) is 11.3. The molecular weight excluding hydrogens is 634 g/mol.